The van der Waals surface area contributed by atoms with Crippen molar-refractivity contribution >= 4 is 0 Å². The van der Waals surface area contributed by atoms with Crippen molar-refractivity contribution in [2.24, 2.45) is 5.92 Å². The molecule has 0 aliphatic carbocycles. The van der Waals surface area contributed by atoms with Gasteiger partial charge in [0, 0.05) is 0 Å². The van der Waals surface area contributed by atoms with Crippen LogP contribution < -0.4 is 0 Å². The van der Waals surface area contributed by atoms with Gasteiger partial charge in [0.15, 0.2) is 0 Å². The highest BCUT2D eigenvalue weighted by Gasteiger charge is 2.22. The summed E-state index contributed by atoms with van der Waals surface area (Å²) in [5.41, 5.74) is -0.585. The summed E-state index contributed by atoms with van der Waals surface area (Å²) in [5, 5.41) is 9.91. The first kappa shape index (κ1) is 13.2. The second kappa shape index (κ2) is 6.61. The van der Waals surface area contributed by atoms with Gasteiger partial charge in [0.2, 0.25) is 0 Å². The second-order valence-electron chi connectivity index (χ2n) is 4.09. The molecule has 80 valence electrons. The molecule has 0 rings (SSSR count). The molecule has 1 atom stereocenters. The fourth-order valence-corrected chi connectivity index (χ4v) is 0.907. The van der Waals surface area contributed by atoms with E-state index in [9.17, 15) is 5.11 Å². The lowest BCUT2D eigenvalue weighted by Gasteiger charge is -2.25. The summed E-state index contributed by atoms with van der Waals surface area (Å²) in [5.74, 6) is 0.288. The third-order valence-electron chi connectivity index (χ3n) is 2.49. The molecule has 0 heterocycles. The number of allylic oxidation sites excluding steroid dienone is 4. The van der Waals surface area contributed by atoms with Crippen LogP contribution in [0.15, 0.2) is 37.0 Å². The van der Waals surface area contributed by atoms with E-state index in [1.165, 1.54) is 0 Å². The standard InChI is InChI=1S/C13H22O/c1-5-6-7-8-9-10-11-13(4,14)12(2)3/h5-7,9-10,12,14H,1,8,11H2,2-4H3/b7-6+,10-9+. The molecule has 0 aromatic carbocycles. The van der Waals surface area contributed by atoms with Gasteiger partial charge in [-0.3, -0.25) is 0 Å². The third kappa shape index (κ3) is 5.76. The monoisotopic (exact) mass is 194 g/mol. The van der Waals surface area contributed by atoms with E-state index in [1.807, 2.05) is 39.0 Å². The third-order valence-corrected chi connectivity index (χ3v) is 2.49. The van der Waals surface area contributed by atoms with Crippen LogP contribution in [0.5, 0.6) is 0 Å². The topological polar surface area (TPSA) is 20.2 Å². The molecular formula is C13H22O. The Balaban J connectivity index is 3.81. The molecule has 0 saturated carbocycles. The van der Waals surface area contributed by atoms with E-state index >= 15 is 0 Å². The van der Waals surface area contributed by atoms with E-state index in [2.05, 4.69) is 12.7 Å². The summed E-state index contributed by atoms with van der Waals surface area (Å²) in [7, 11) is 0. The van der Waals surface area contributed by atoms with Gasteiger partial charge < -0.3 is 5.11 Å². The van der Waals surface area contributed by atoms with E-state index in [0.29, 0.717) is 6.42 Å². The Hall–Kier alpha value is -0.820. The lowest BCUT2D eigenvalue weighted by molar-refractivity contribution is 0.0165. The maximum absolute atomic E-state index is 9.91. The quantitative estimate of drug-likeness (QED) is 0.507. The van der Waals surface area contributed by atoms with Crippen LogP contribution in [-0.4, -0.2) is 10.7 Å². The molecule has 1 nitrogen and oxygen atoms in total. The van der Waals surface area contributed by atoms with Crippen molar-refractivity contribution in [2.75, 3.05) is 0 Å². The number of rotatable bonds is 6. The number of aliphatic hydroxyl groups is 1. The van der Waals surface area contributed by atoms with Crippen LogP contribution in [0.2, 0.25) is 0 Å². The van der Waals surface area contributed by atoms with Crippen molar-refractivity contribution in [2.45, 2.75) is 39.2 Å². The fourth-order valence-electron chi connectivity index (χ4n) is 0.907. The van der Waals surface area contributed by atoms with E-state index < -0.39 is 5.60 Å². The molecule has 0 saturated heterocycles. The molecule has 0 radical (unpaired) electrons. The Kier molecular flexibility index (Phi) is 6.22. The molecule has 0 bridgehead atoms. The maximum atomic E-state index is 9.91. The molecule has 0 aromatic rings. The van der Waals surface area contributed by atoms with Gasteiger partial charge >= 0.3 is 0 Å². The predicted octanol–water partition coefficient (Wildman–Crippen LogP) is 3.47. The molecule has 1 N–H and O–H groups in total. The average Bonchev–Trinajstić information content (AvgIpc) is 2.10. The predicted molar refractivity (Wildman–Crippen MR) is 63.2 cm³/mol. The Morgan fingerprint density at radius 3 is 2.43 bits per heavy atom. The Labute approximate surface area is 87.8 Å². The second-order valence-corrected chi connectivity index (χ2v) is 4.09. The zero-order chi connectivity index (χ0) is 11.0. The summed E-state index contributed by atoms with van der Waals surface area (Å²) in [4.78, 5) is 0. The molecule has 0 aromatic heterocycles. The first-order chi connectivity index (χ1) is 6.50. The van der Waals surface area contributed by atoms with E-state index in [0.717, 1.165) is 6.42 Å². The number of hydrogen-bond acceptors (Lipinski definition) is 1. The van der Waals surface area contributed by atoms with Crippen LogP contribution in [0.4, 0.5) is 0 Å². The minimum absolute atomic E-state index is 0.288. The molecule has 0 spiro atoms. The first-order valence-electron chi connectivity index (χ1n) is 5.15. The van der Waals surface area contributed by atoms with Crippen LogP contribution in [0, 0.1) is 5.92 Å². The Bertz CT molecular complexity index is 209. The summed E-state index contributed by atoms with van der Waals surface area (Å²) in [6.07, 6.45) is 11.4. The van der Waals surface area contributed by atoms with E-state index in [1.54, 1.807) is 6.08 Å². The Morgan fingerprint density at radius 2 is 1.93 bits per heavy atom. The van der Waals surface area contributed by atoms with Gasteiger partial charge in [-0.2, -0.15) is 0 Å². The molecule has 0 aliphatic rings. The van der Waals surface area contributed by atoms with Gasteiger partial charge in [-0.05, 0) is 25.7 Å². The summed E-state index contributed by atoms with van der Waals surface area (Å²) in [6.45, 7) is 9.53. The fraction of sp³-hybridized carbons (Fsp3) is 0.538. The molecule has 1 heteroatoms. The van der Waals surface area contributed by atoms with Gasteiger partial charge in [0.05, 0.1) is 5.60 Å². The highest BCUT2D eigenvalue weighted by atomic mass is 16.3. The van der Waals surface area contributed by atoms with Gasteiger partial charge in [-0.1, -0.05) is 50.8 Å². The molecular weight excluding hydrogens is 172 g/mol. The SMILES string of the molecule is C=C/C=C/C/C=C/CC(C)(O)C(C)C. The molecule has 0 amide bonds. The van der Waals surface area contributed by atoms with Crippen molar-refractivity contribution in [1.29, 1.82) is 0 Å². The molecule has 1 unspecified atom stereocenters. The van der Waals surface area contributed by atoms with Gasteiger partial charge in [-0.25, -0.2) is 0 Å². The molecule has 14 heavy (non-hydrogen) atoms. The maximum Gasteiger partial charge on any atom is 0.0676 e. The van der Waals surface area contributed by atoms with Crippen molar-refractivity contribution in [1.82, 2.24) is 0 Å². The smallest absolute Gasteiger partial charge is 0.0676 e. The summed E-state index contributed by atoms with van der Waals surface area (Å²) in [6, 6.07) is 0. The van der Waals surface area contributed by atoms with Crippen LogP contribution in [0.25, 0.3) is 0 Å². The number of hydrogen-bond donors (Lipinski definition) is 1. The minimum atomic E-state index is -0.585. The van der Waals surface area contributed by atoms with E-state index in [-0.39, 0.29) is 5.92 Å². The van der Waals surface area contributed by atoms with Crippen LogP contribution >= 0.6 is 0 Å². The average molecular weight is 194 g/mol. The van der Waals surface area contributed by atoms with Crippen LogP contribution in [0.3, 0.4) is 0 Å². The molecule has 0 aliphatic heterocycles. The Morgan fingerprint density at radius 1 is 1.29 bits per heavy atom. The van der Waals surface area contributed by atoms with Gasteiger partial charge in [0.1, 0.15) is 0 Å². The zero-order valence-corrected chi connectivity index (χ0v) is 9.53. The van der Waals surface area contributed by atoms with Crippen molar-refractivity contribution in [3.8, 4) is 0 Å². The highest BCUT2D eigenvalue weighted by molar-refractivity contribution is 5.02. The van der Waals surface area contributed by atoms with Crippen molar-refractivity contribution in [3.05, 3.63) is 37.0 Å². The summed E-state index contributed by atoms with van der Waals surface area (Å²) >= 11 is 0. The zero-order valence-electron chi connectivity index (χ0n) is 9.53. The summed E-state index contributed by atoms with van der Waals surface area (Å²) < 4.78 is 0. The van der Waals surface area contributed by atoms with Crippen molar-refractivity contribution < 1.29 is 5.11 Å². The van der Waals surface area contributed by atoms with Crippen molar-refractivity contribution in [3.63, 3.8) is 0 Å². The van der Waals surface area contributed by atoms with Gasteiger partial charge in [-0.15, -0.1) is 0 Å². The van der Waals surface area contributed by atoms with Gasteiger partial charge in [0.25, 0.3) is 0 Å². The highest BCUT2D eigenvalue weighted by Crippen LogP contribution is 2.20. The minimum Gasteiger partial charge on any atom is -0.390 e. The largest absolute Gasteiger partial charge is 0.390 e. The lowest BCUT2D eigenvalue weighted by atomic mass is 9.89. The lowest BCUT2D eigenvalue weighted by Crippen LogP contribution is -2.29. The normalized spacial score (nSPS) is 16.6. The first-order valence-corrected chi connectivity index (χ1v) is 5.15. The van der Waals surface area contributed by atoms with Crippen LogP contribution in [0.1, 0.15) is 33.6 Å². The van der Waals surface area contributed by atoms with Crippen LogP contribution in [-0.2, 0) is 0 Å². The van der Waals surface area contributed by atoms with E-state index in [4.69, 9.17) is 0 Å². The molecule has 0 fully saturated rings.